The Hall–Kier alpha value is -1.43. The van der Waals surface area contributed by atoms with Crippen molar-refractivity contribution in [2.75, 3.05) is 20.2 Å². The first-order valence-corrected chi connectivity index (χ1v) is 4.82. The molecule has 1 fully saturated rings. The van der Waals surface area contributed by atoms with E-state index in [1.165, 1.54) is 20.2 Å². The van der Waals surface area contributed by atoms with Crippen LogP contribution in [0.3, 0.4) is 0 Å². The minimum Gasteiger partial charge on any atom is -0.465 e. The molecule has 1 saturated heterocycles. The molecule has 0 unspecified atom stereocenters. The number of Topliss-reactive ketones (excluding diaryl/α,β-unsaturated/α-hetero) is 1. The number of methoxy groups -OCH3 is 1. The summed E-state index contributed by atoms with van der Waals surface area (Å²) < 4.78 is 4.50. The van der Waals surface area contributed by atoms with E-state index in [9.17, 15) is 9.59 Å². The predicted octanol–water partition coefficient (Wildman–Crippen LogP) is -0.178. The Kier molecular flexibility index (Phi) is 3.79. The molecule has 0 aromatic rings. The standard InChI is InChI=1S/C9H12N2O3S/c1-6(12)7(8(13)14-2)5-11-4-3-10-9(11)15/h5H,3-4H2,1-2H3,(H,10,15)/b7-5-. The van der Waals surface area contributed by atoms with Crippen LogP contribution in [0, 0.1) is 0 Å². The molecule has 0 aromatic carbocycles. The molecule has 6 heteroatoms. The van der Waals surface area contributed by atoms with Crippen LogP contribution in [0.15, 0.2) is 11.8 Å². The number of hydrogen-bond donors (Lipinski definition) is 1. The molecular formula is C9H12N2O3S. The number of thiocarbonyl (C=S) groups is 1. The fourth-order valence-corrected chi connectivity index (χ4v) is 1.41. The Morgan fingerprint density at radius 3 is 2.67 bits per heavy atom. The zero-order chi connectivity index (χ0) is 11.4. The molecule has 5 nitrogen and oxygen atoms in total. The van der Waals surface area contributed by atoms with Crippen molar-refractivity contribution in [3.05, 3.63) is 11.8 Å². The van der Waals surface area contributed by atoms with Crippen molar-refractivity contribution < 1.29 is 14.3 Å². The molecule has 0 bridgehead atoms. The molecule has 15 heavy (non-hydrogen) atoms. The van der Waals surface area contributed by atoms with Crippen molar-refractivity contribution in [3.8, 4) is 0 Å². The van der Waals surface area contributed by atoms with Gasteiger partial charge >= 0.3 is 5.97 Å². The van der Waals surface area contributed by atoms with Crippen molar-refractivity contribution in [1.82, 2.24) is 10.2 Å². The van der Waals surface area contributed by atoms with Gasteiger partial charge in [0.25, 0.3) is 0 Å². The Morgan fingerprint density at radius 2 is 2.27 bits per heavy atom. The van der Waals surface area contributed by atoms with Gasteiger partial charge in [-0.25, -0.2) is 4.79 Å². The first-order valence-electron chi connectivity index (χ1n) is 4.42. The van der Waals surface area contributed by atoms with E-state index in [0.717, 1.165) is 0 Å². The van der Waals surface area contributed by atoms with Crippen molar-refractivity contribution >= 4 is 29.1 Å². The average molecular weight is 228 g/mol. The number of carbonyl (C=O) groups is 2. The van der Waals surface area contributed by atoms with Gasteiger partial charge in [-0.1, -0.05) is 0 Å². The molecule has 0 radical (unpaired) electrons. The van der Waals surface area contributed by atoms with Gasteiger partial charge in [-0.05, 0) is 19.1 Å². The molecule has 1 heterocycles. The summed E-state index contributed by atoms with van der Waals surface area (Å²) in [6, 6.07) is 0. The Bertz CT molecular complexity index is 338. The quantitative estimate of drug-likeness (QED) is 0.238. The maximum Gasteiger partial charge on any atom is 0.342 e. The van der Waals surface area contributed by atoms with E-state index in [4.69, 9.17) is 12.2 Å². The number of rotatable bonds is 3. The number of nitrogens with zero attached hydrogens (tertiary/aromatic N) is 1. The highest BCUT2D eigenvalue weighted by molar-refractivity contribution is 7.80. The van der Waals surface area contributed by atoms with Crippen molar-refractivity contribution in [1.29, 1.82) is 0 Å². The highest BCUT2D eigenvalue weighted by Crippen LogP contribution is 2.05. The Labute approximate surface area is 93.1 Å². The molecule has 0 atom stereocenters. The summed E-state index contributed by atoms with van der Waals surface area (Å²) in [5.74, 6) is -0.978. The maximum absolute atomic E-state index is 11.2. The summed E-state index contributed by atoms with van der Waals surface area (Å²) in [6.07, 6.45) is 1.43. The fourth-order valence-electron chi connectivity index (χ4n) is 1.16. The first kappa shape index (κ1) is 11.6. The largest absolute Gasteiger partial charge is 0.465 e. The lowest BCUT2D eigenvalue weighted by atomic mass is 10.2. The number of nitrogens with one attached hydrogen (secondary N) is 1. The third-order valence-corrected chi connectivity index (χ3v) is 2.34. The molecule has 0 amide bonds. The van der Waals surface area contributed by atoms with Crippen LogP contribution >= 0.6 is 12.2 Å². The zero-order valence-corrected chi connectivity index (χ0v) is 9.39. The lowest BCUT2D eigenvalue weighted by Gasteiger charge is -2.11. The molecule has 1 rings (SSSR count). The molecule has 1 aliphatic rings. The van der Waals surface area contributed by atoms with Gasteiger partial charge < -0.3 is 15.0 Å². The van der Waals surface area contributed by atoms with E-state index in [0.29, 0.717) is 18.2 Å². The topological polar surface area (TPSA) is 58.6 Å². The van der Waals surface area contributed by atoms with Crippen LogP contribution in [0.25, 0.3) is 0 Å². The summed E-state index contributed by atoms with van der Waals surface area (Å²) in [7, 11) is 1.24. The average Bonchev–Trinajstić information content (AvgIpc) is 2.59. The molecule has 82 valence electrons. The molecule has 0 saturated carbocycles. The van der Waals surface area contributed by atoms with E-state index in [1.807, 2.05) is 0 Å². The summed E-state index contributed by atoms with van der Waals surface area (Å²) in [5, 5.41) is 3.43. The van der Waals surface area contributed by atoms with Crippen LogP contribution in [0.5, 0.6) is 0 Å². The second-order valence-electron chi connectivity index (χ2n) is 3.02. The minimum absolute atomic E-state index is 0.00329. The van der Waals surface area contributed by atoms with Crippen LogP contribution in [0.2, 0.25) is 0 Å². The van der Waals surface area contributed by atoms with Gasteiger partial charge in [-0.15, -0.1) is 0 Å². The third kappa shape index (κ3) is 2.76. The molecular weight excluding hydrogens is 216 g/mol. The molecule has 0 aliphatic carbocycles. The highest BCUT2D eigenvalue weighted by Gasteiger charge is 2.20. The summed E-state index contributed by atoms with van der Waals surface area (Å²) >= 11 is 4.97. The normalized spacial score (nSPS) is 16.3. The van der Waals surface area contributed by atoms with Gasteiger partial charge in [0.15, 0.2) is 10.9 Å². The fraction of sp³-hybridized carbons (Fsp3) is 0.444. The number of esters is 1. The highest BCUT2D eigenvalue weighted by atomic mass is 32.1. The molecule has 0 spiro atoms. The third-order valence-electron chi connectivity index (χ3n) is 1.96. The SMILES string of the molecule is COC(=O)/C(=C\N1CCNC1=S)C(C)=O. The number of hydrogen-bond acceptors (Lipinski definition) is 4. The van der Waals surface area contributed by atoms with Crippen LogP contribution in [-0.4, -0.2) is 42.0 Å². The van der Waals surface area contributed by atoms with Gasteiger partial charge in [-0.2, -0.15) is 0 Å². The van der Waals surface area contributed by atoms with Crippen LogP contribution < -0.4 is 5.32 Å². The summed E-state index contributed by atoms with van der Waals surface area (Å²) in [5.41, 5.74) is 0.00329. The summed E-state index contributed by atoms with van der Waals surface area (Å²) in [4.78, 5) is 24.1. The van der Waals surface area contributed by atoms with Gasteiger partial charge in [0.05, 0.1) is 7.11 Å². The second-order valence-corrected chi connectivity index (χ2v) is 3.40. The van der Waals surface area contributed by atoms with Gasteiger partial charge in [0.2, 0.25) is 0 Å². The van der Waals surface area contributed by atoms with Crippen molar-refractivity contribution in [2.45, 2.75) is 6.92 Å². The number of ether oxygens (including phenoxy) is 1. The second kappa shape index (κ2) is 4.88. The lowest BCUT2D eigenvalue weighted by Crippen LogP contribution is -2.25. The lowest BCUT2D eigenvalue weighted by molar-refractivity contribution is -0.137. The van der Waals surface area contributed by atoms with E-state index in [1.54, 1.807) is 4.90 Å². The minimum atomic E-state index is -0.641. The monoisotopic (exact) mass is 228 g/mol. The van der Waals surface area contributed by atoms with Gasteiger partial charge in [0, 0.05) is 19.3 Å². The van der Waals surface area contributed by atoms with Crippen molar-refractivity contribution in [2.24, 2.45) is 0 Å². The van der Waals surface area contributed by atoms with Crippen LogP contribution in [-0.2, 0) is 14.3 Å². The van der Waals surface area contributed by atoms with Gasteiger partial charge in [-0.3, -0.25) is 4.79 Å². The molecule has 0 aromatic heterocycles. The smallest absolute Gasteiger partial charge is 0.342 e. The Morgan fingerprint density at radius 1 is 1.60 bits per heavy atom. The van der Waals surface area contributed by atoms with E-state index >= 15 is 0 Å². The first-order chi connectivity index (χ1) is 7.06. The predicted molar refractivity (Wildman–Crippen MR) is 58.1 cm³/mol. The molecule has 1 aliphatic heterocycles. The zero-order valence-electron chi connectivity index (χ0n) is 8.57. The Balaban J connectivity index is 2.88. The van der Waals surface area contributed by atoms with Crippen molar-refractivity contribution in [3.63, 3.8) is 0 Å². The number of ketones is 1. The number of carbonyl (C=O) groups excluding carboxylic acids is 2. The van der Waals surface area contributed by atoms with Crippen LogP contribution in [0.4, 0.5) is 0 Å². The van der Waals surface area contributed by atoms with E-state index in [-0.39, 0.29) is 11.4 Å². The van der Waals surface area contributed by atoms with E-state index < -0.39 is 5.97 Å². The van der Waals surface area contributed by atoms with Crippen LogP contribution in [0.1, 0.15) is 6.92 Å². The van der Waals surface area contributed by atoms with E-state index in [2.05, 4.69) is 10.1 Å². The summed E-state index contributed by atoms with van der Waals surface area (Å²) in [6.45, 7) is 2.67. The van der Waals surface area contributed by atoms with Gasteiger partial charge in [0.1, 0.15) is 5.57 Å². The molecule has 1 N–H and O–H groups in total. The maximum atomic E-state index is 11.2.